The Morgan fingerprint density at radius 2 is 1.58 bits per heavy atom. The quantitative estimate of drug-likeness (QED) is 0.254. The molecule has 0 saturated carbocycles. The average Bonchev–Trinajstić information content (AvgIpc) is 3.17. The van der Waals surface area contributed by atoms with Gasteiger partial charge in [-0.2, -0.15) is 0 Å². The fourth-order valence-electron chi connectivity index (χ4n) is 5.13. The fourth-order valence-corrected chi connectivity index (χ4v) is 5.13. The van der Waals surface area contributed by atoms with Crippen LogP contribution in [-0.4, -0.2) is 4.57 Å². The molecule has 0 aliphatic rings. The van der Waals surface area contributed by atoms with Crippen LogP contribution >= 0.6 is 0 Å². The van der Waals surface area contributed by atoms with Crippen molar-refractivity contribution in [2.75, 3.05) is 0 Å². The zero-order chi connectivity index (χ0) is 25.2. The highest BCUT2D eigenvalue weighted by atomic mass is 15.0. The minimum absolute atomic E-state index is 0.368. The SMILES string of the molecule is [2H]C([2H])([2H])c1ccc(-c2cc3c(c[n+]2C)c2c4ccc(C)cc4ccc2n3-c2ccccc2)c(C)c1. The highest BCUT2D eigenvalue weighted by Gasteiger charge is 2.21. The number of hydrogen-bond donors (Lipinski definition) is 0. The summed E-state index contributed by atoms with van der Waals surface area (Å²) in [5.41, 5.74) is 8.02. The Balaban J connectivity index is 1.71. The van der Waals surface area contributed by atoms with Gasteiger partial charge in [-0.15, -0.1) is 0 Å². The average molecular weight is 431 g/mol. The second kappa shape index (κ2) is 7.31. The summed E-state index contributed by atoms with van der Waals surface area (Å²) in [5.74, 6) is 0. The molecule has 0 aliphatic heterocycles. The molecule has 0 atom stereocenters. The van der Waals surface area contributed by atoms with Crippen LogP contribution in [0.25, 0.3) is 49.5 Å². The lowest BCUT2D eigenvalue weighted by Gasteiger charge is -2.09. The van der Waals surface area contributed by atoms with E-state index in [1.54, 1.807) is 12.1 Å². The normalized spacial score (nSPS) is 13.4. The van der Waals surface area contributed by atoms with E-state index in [-0.39, 0.29) is 0 Å². The Bertz CT molecular complexity index is 1800. The first kappa shape index (κ1) is 16.7. The summed E-state index contributed by atoms with van der Waals surface area (Å²) in [4.78, 5) is 0. The number of pyridine rings is 1. The van der Waals surface area contributed by atoms with Crippen molar-refractivity contribution in [3.8, 4) is 16.9 Å². The minimum atomic E-state index is -2.12. The highest BCUT2D eigenvalue weighted by molar-refractivity contribution is 6.21. The first-order valence-corrected chi connectivity index (χ1v) is 11.3. The molecule has 0 amide bonds. The number of fused-ring (bicyclic) bond motifs is 5. The van der Waals surface area contributed by atoms with E-state index in [0.29, 0.717) is 5.56 Å². The van der Waals surface area contributed by atoms with Gasteiger partial charge in [-0.1, -0.05) is 65.7 Å². The maximum atomic E-state index is 7.78. The van der Waals surface area contributed by atoms with Gasteiger partial charge in [-0.3, -0.25) is 0 Å². The summed E-state index contributed by atoms with van der Waals surface area (Å²) >= 11 is 0. The van der Waals surface area contributed by atoms with E-state index in [1.165, 1.54) is 32.6 Å². The molecule has 6 rings (SSSR count). The number of nitrogens with zero attached hydrogens (tertiary/aromatic N) is 2. The molecule has 33 heavy (non-hydrogen) atoms. The predicted octanol–water partition coefficient (Wildman–Crippen LogP) is 7.35. The molecule has 0 aliphatic carbocycles. The molecule has 2 heteroatoms. The molecule has 0 spiro atoms. The molecule has 2 heterocycles. The van der Waals surface area contributed by atoms with Crippen molar-refractivity contribution in [3.63, 3.8) is 0 Å². The molecule has 0 bridgehead atoms. The monoisotopic (exact) mass is 430 g/mol. The minimum Gasteiger partial charge on any atom is -0.309 e. The van der Waals surface area contributed by atoms with Crippen LogP contribution in [0.15, 0.2) is 91.1 Å². The molecule has 0 unspecified atom stereocenters. The van der Waals surface area contributed by atoms with E-state index < -0.39 is 6.85 Å². The molecule has 2 aromatic heterocycles. The van der Waals surface area contributed by atoms with E-state index in [9.17, 15) is 0 Å². The van der Waals surface area contributed by atoms with E-state index >= 15 is 0 Å². The Hall–Kier alpha value is -3.91. The van der Waals surface area contributed by atoms with Crippen molar-refractivity contribution in [2.45, 2.75) is 20.7 Å². The zero-order valence-electron chi connectivity index (χ0n) is 22.1. The van der Waals surface area contributed by atoms with Crippen molar-refractivity contribution in [1.29, 1.82) is 0 Å². The Morgan fingerprint density at radius 1 is 0.758 bits per heavy atom. The number of para-hydroxylation sites is 1. The lowest BCUT2D eigenvalue weighted by Crippen LogP contribution is -2.30. The second-order valence-electron chi connectivity index (χ2n) is 8.95. The summed E-state index contributed by atoms with van der Waals surface area (Å²) in [6, 6.07) is 29.2. The lowest BCUT2D eigenvalue weighted by molar-refractivity contribution is -0.659. The van der Waals surface area contributed by atoms with Crippen LogP contribution in [0, 0.1) is 20.7 Å². The summed E-state index contributed by atoms with van der Waals surface area (Å²) in [7, 11) is 2.06. The Kier molecular flexibility index (Phi) is 3.70. The maximum Gasteiger partial charge on any atom is 0.214 e. The van der Waals surface area contributed by atoms with Crippen LogP contribution < -0.4 is 4.57 Å². The molecule has 0 N–H and O–H groups in total. The van der Waals surface area contributed by atoms with Crippen LogP contribution in [0.3, 0.4) is 0 Å². The van der Waals surface area contributed by atoms with E-state index in [4.69, 9.17) is 4.11 Å². The van der Waals surface area contributed by atoms with Gasteiger partial charge < -0.3 is 4.57 Å². The van der Waals surface area contributed by atoms with Gasteiger partial charge in [0.25, 0.3) is 0 Å². The molecule has 4 aromatic carbocycles. The molecule has 2 nitrogen and oxygen atoms in total. The van der Waals surface area contributed by atoms with Gasteiger partial charge in [-0.05, 0) is 61.3 Å². The molecule has 6 aromatic rings. The molecule has 0 radical (unpaired) electrons. The number of rotatable bonds is 2. The molecular weight excluding hydrogens is 400 g/mol. The number of hydrogen-bond acceptors (Lipinski definition) is 0. The topological polar surface area (TPSA) is 8.81 Å². The fraction of sp³-hybridized carbons (Fsp3) is 0.129. The van der Waals surface area contributed by atoms with Gasteiger partial charge in [0.15, 0.2) is 6.20 Å². The van der Waals surface area contributed by atoms with Gasteiger partial charge in [0, 0.05) is 26.8 Å². The highest BCUT2D eigenvalue weighted by Crippen LogP contribution is 2.38. The molecular formula is C31H27N2+. The lowest BCUT2D eigenvalue weighted by atomic mass is 10.0. The number of benzene rings is 4. The molecule has 0 fully saturated rings. The third kappa shape index (κ3) is 3.06. The predicted molar refractivity (Wildman–Crippen MR) is 139 cm³/mol. The van der Waals surface area contributed by atoms with Gasteiger partial charge >= 0.3 is 0 Å². The van der Waals surface area contributed by atoms with Crippen molar-refractivity contribution in [2.24, 2.45) is 7.05 Å². The third-order valence-corrected chi connectivity index (χ3v) is 6.67. The van der Waals surface area contributed by atoms with Gasteiger partial charge in [-0.25, -0.2) is 4.57 Å². The van der Waals surface area contributed by atoms with Crippen molar-refractivity contribution < 1.29 is 8.68 Å². The van der Waals surface area contributed by atoms with E-state index in [1.807, 2.05) is 19.1 Å². The maximum absolute atomic E-state index is 7.78. The number of aryl methyl sites for hydroxylation is 4. The second-order valence-corrected chi connectivity index (χ2v) is 8.95. The van der Waals surface area contributed by atoms with Crippen molar-refractivity contribution in [1.82, 2.24) is 4.57 Å². The summed E-state index contributed by atoms with van der Waals surface area (Å²) in [5, 5.41) is 4.90. The zero-order valence-corrected chi connectivity index (χ0v) is 19.1. The first-order chi connectivity index (χ1) is 17.2. The van der Waals surface area contributed by atoms with E-state index in [2.05, 4.69) is 90.0 Å². The number of aromatic nitrogens is 2. The first-order valence-electron chi connectivity index (χ1n) is 12.8. The van der Waals surface area contributed by atoms with Crippen LogP contribution in [0.4, 0.5) is 0 Å². The Morgan fingerprint density at radius 3 is 2.36 bits per heavy atom. The van der Waals surface area contributed by atoms with Crippen LogP contribution in [0.5, 0.6) is 0 Å². The van der Waals surface area contributed by atoms with Crippen LogP contribution in [0.1, 0.15) is 20.8 Å². The van der Waals surface area contributed by atoms with Gasteiger partial charge in [0.2, 0.25) is 5.69 Å². The largest absolute Gasteiger partial charge is 0.309 e. The van der Waals surface area contributed by atoms with Crippen molar-refractivity contribution >= 4 is 32.6 Å². The molecule has 160 valence electrons. The van der Waals surface area contributed by atoms with Crippen LogP contribution in [0.2, 0.25) is 0 Å². The Labute approximate surface area is 198 Å². The van der Waals surface area contributed by atoms with Crippen LogP contribution in [-0.2, 0) is 7.05 Å². The van der Waals surface area contributed by atoms with Crippen molar-refractivity contribution in [3.05, 3.63) is 108 Å². The summed E-state index contributed by atoms with van der Waals surface area (Å²) < 4.78 is 27.8. The summed E-state index contributed by atoms with van der Waals surface area (Å²) in [6.45, 7) is 1.99. The molecule has 0 saturated heterocycles. The van der Waals surface area contributed by atoms with Gasteiger partial charge in [0.05, 0.1) is 16.4 Å². The van der Waals surface area contributed by atoms with Gasteiger partial charge in [0.1, 0.15) is 7.05 Å². The standard InChI is InChI=1S/C31H27N2/c1-20-10-13-25(22(3)16-20)29-18-30-27(19-32(29)4)31-26-14-11-21(2)17-23(26)12-15-28(31)33(30)24-8-6-5-7-9-24/h5-19H,1-4H3/q+1/i1D3. The van der Waals surface area contributed by atoms with E-state index in [0.717, 1.165) is 28.0 Å². The smallest absolute Gasteiger partial charge is 0.214 e. The summed E-state index contributed by atoms with van der Waals surface area (Å²) in [6.07, 6.45) is 2.21. The third-order valence-electron chi connectivity index (χ3n) is 6.67.